The first-order valence-corrected chi connectivity index (χ1v) is 8.54. The summed E-state index contributed by atoms with van der Waals surface area (Å²) in [4.78, 5) is 37.4. The SMILES string of the molecule is O=C(NCCCN1CCCC1=O)[C@@H]1[C@H](C(=O)O)[C@@H]2C=C[C@H]1CC2. The minimum absolute atomic E-state index is 0.0181. The molecule has 0 unspecified atom stereocenters. The van der Waals surface area contributed by atoms with Crippen LogP contribution in [0.2, 0.25) is 0 Å². The van der Waals surface area contributed by atoms with Crippen molar-refractivity contribution in [3.8, 4) is 0 Å². The summed E-state index contributed by atoms with van der Waals surface area (Å²) >= 11 is 0. The van der Waals surface area contributed by atoms with Gasteiger partial charge in [0.05, 0.1) is 11.8 Å². The first kappa shape index (κ1) is 16.0. The smallest absolute Gasteiger partial charge is 0.307 e. The van der Waals surface area contributed by atoms with E-state index in [1.54, 1.807) is 0 Å². The van der Waals surface area contributed by atoms with Gasteiger partial charge in [0.15, 0.2) is 0 Å². The lowest BCUT2D eigenvalue weighted by atomic mass is 9.62. The Kier molecular flexibility index (Phi) is 4.68. The zero-order valence-electron chi connectivity index (χ0n) is 13.2. The maximum atomic E-state index is 12.5. The second-order valence-corrected chi connectivity index (χ2v) is 6.81. The molecule has 4 rings (SSSR count). The van der Waals surface area contributed by atoms with Gasteiger partial charge in [0.25, 0.3) is 0 Å². The van der Waals surface area contributed by atoms with Crippen molar-refractivity contribution >= 4 is 17.8 Å². The summed E-state index contributed by atoms with van der Waals surface area (Å²) in [5, 5.41) is 12.4. The van der Waals surface area contributed by atoms with E-state index in [1.807, 2.05) is 17.1 Å². The highest BCUT2D eigenvalue weighted by atomic mass is 16.4. The quantitative estimate of drug-likeness (QED) is 0.565. The predicted molar refractivity (Wildman–Crippen MR) is 83.4 cm³/mol. The molecule has 0 radical (unpaired) electrons. The van der Waals surface area contributed by atoms with Crippen LogP contribution in [0.15, 0.2) is 12.2 Å². The molecule has 2 fully saturated rings. The van der Waals surface area contributed by atoms with Gasteiger partial charge in [0.1, 0.15) is 0 Å². The summed E-state index contributed by atoms with van der Waals surface area (Å²) in [5.41, 5.74) is 0. The van der Waals surface area contributed by atoms with Crippen LogP contribution < -0.4 is 5.32 Å². The minimum atomic E-state index is -0.869. The number of aliphatic carboxylic acids is 1. The Morgan fingerprint density at radius 3 is 2.48 bits per heavy atom. The number of nitrogens with zero attached hydrogens (tertiary/aromatic N) is 1. The number of allylic oxidation sites excluding steroid dienone is 2. The van der Waals surface area contributed by atoms with Crippen molar-refractivity contribution in [2.45, 2.75) is 32.1 Å². The van der Waals surface area contributed by atoms with Crippen LogP contribution >= 0.6 is 0 Å². The molecular formula is C17H24N2O4. The lowest BCUT2D eigenvalue weighted by Gasteiger charge is -2.41. The Morgan fingerprint density at radius 1 is 1.22 bits per heavy atom. The number of carbonyl (C=O) groups is 3. The first-order valence-electron chi connectivity index (χ1n) is 8.54. The van der Waals surface area contributed by atoms with Gasteiger partial charge >= 0.3 is 5.97 Å². The van der Waals surface area contributed by atoms with Crippen molar-refractivity contribution in [3.63, 3.8) is 0 Å². The van der Waals surface area contributed by atoms with Crippen LogP contribution in [0.5, 0.6) is 0 Å². The summed E-state index contributed by atoms with van der Waals surface area (Å²) in [6, 6.07) is 0. The van der Waals surface area contributed by atoms with Gasteiger partial charge in [0.2, 0.25) is 11.8 Å². The van der Waals surface area contributed by atoms with Crippen LogP contribution in [-0.4, -0.2) is 47.4 Å². The van der Waals surface area contributed by atoms with Gasteiger partial charge in [-0.3, -0.25) is 14.4 Å². The molecule has 1 heterocycles. The zero-order valence-corrected chi connectivity index (χ0v) is 13.2. The van der Waals surface area contributed by atoms with E-state index in [0.29, 0.717) is 25.9 Å². The van der Waals surface area contributed by atoms with Gasteiger partial charge in [0, 0.05) is 26.1 Å². The summed E-state index contributed by atoms with van der Waals surface area (Å²) in [6.45, 7) is 1.97. The standard InChI is InChI=1S/C17H24N2O4/c20-13-3-1-9-19(13)10-2-8-18-16(21)14-11-4-6-12(7-5-11)15(14)17(22)23/h4,6,11-12,14-15H,1-3,5,7-10H2,(H,18,21)(H,22,23)/t11-,12+,14-,15+/m0/s1. The van der Waals surface area contributed by atoms with E-state index in [4.69, 9.17) is 0 Å². The van der Waals surface area contributed by atoms with E-state index in [9.17, 15) is 19.5 Å². The third-order valence-electron chi connectivity index (χ3n) is 5.41. The topological polar surface area (TPSA) is 86.7 Å². The van der Waals surface area contributed by atoms with Crippen molar-refractivity contribution < 1.29 is 19.5 Å². The molecule has 23 heavy (non-hydrogen) atoms. The molecule has 1 aliphatic heterocycles. The number of likely N-dealkylation sites (tertiary alicyclic amines) is 1. The van der Waals surface area contributed by atoms with E-state index in [1.165, 1.54) is 0 Å². The van der Waals surface area contributed by atoms with Gasteiger partial charge in [-0.15, -0.1) is 0 Å². The summed E-state index contributed by atoms with van der Waals surface area (Å²) in [5.74, 6) is -1.85. The second-order valence-electron chi connectivity index (χ2n) is 6.81. The molecule has 0 aromatic carbocycles. The molecule has 6 nitrogen and oxygen atoms in total. The highest BCUT2D eigenvalue weighted by Crippen LogP contribution is 2.45. The molecule has 3 aliphatic carbocycles. The molecule has 0 spiro atoms. The van der Waals surface area contributed by atoms with Crippen LogP contribution in [0.25, 0.3) is 0 Å². The number of rotatable bonds is 6. The Balaban J connectivity index is 1.50. The van der Waals surface area contributed by atoms with Gasteiger partial charge in [-0.2, -0.15) is 0 Å². The molecule has 0 aromatic rings. The van der Waals surface area contributed by atoms with E-state index in [2.05, 4.69) is 5.32 Å². The molecule has 0 aromatic heterocycles. The zero-order chi connectivity index (χ0) is 16.4. The van der Waals surface area contributed by atoms with Gasteiger partial charge in [-0.05, 0) is 37.5 Å². The number of hydrogen-bond donors (Lipinski definition) is 2. The van der Waals surface area contributed by atoms with Crippen molar-refractivity contribution in [1.82, 2.24) is 10.2 Å². The average Bonchev–Trinajstić information content (AvgIpc) is 2.96. The van der Waals surface area contributed by atoms with Crippen LogP contribution in [0.4, 0.5) is 0 Å². The number of carbonyl (C=O) groups excluding carboxylic acids is 2. The molecule has 1 saturated carbocycles. The number of fused-ring (bicyclic) bond motifs is 2. The molecule has 4 aliphatic rings. The fraction of sp³-hybridized carbons (Fsp3) is 0.706. The molecule has 126 valence electrons. The Bertz CT molecular complexity index is 531. The van der Waals surface area contributed by atoms with Crippen LogP contribution in [0.1, 0.15) is 32.1 Å². The van der Waals surface area contributed by atoms with Gasteiger partial charge in [-0.1, -0.05) is 12.2 Å². The molecule has 6 heteroatoms. The summed E-state index contributed by atoms with van der Waals surface area (Å²) in [7, 11) is 0. The molecule has 2 N–H and O–H groups in total. The highest BCUT2D eigenvalue weighted by Gasteiger charge is 2.47. The second kappa shape index (κ2) is 6.72. The maximum Gasteiger partial charge on any atom is 0.307 e. The minimum Gasteiger partial charge on any atom is -0.481 e. The monoisotopic (exact) mass is 320 g/mol. The maximum absolute atomic E-state index is 12.5. The number of nitrogens with one attached hydrogen (secondary N) is 1. The molecule has 2 amide bonds. The van der Waals surface area contributed by atoms with Gasteiger partial charge < -0.3 is 15.3 Å². The number of amides is 2. The fourth-order valence-electron chi connectivity index (χ4n) is 4.23. The van der Waals surface area contributed by atoms with E-state index in [0.717, 1.165) is 25.8 Å². The van der Waals surface area contributed by atoms with E-state index < -0.39 is 17.8 Å². The largest absolute Gasteiger partial charge is 0.481 e. The Hall–Kier alpha value is -1.85. The molecule has 1 saturated heterocycles. The lowest BCUT2D eigenvalue weighted by molar-refractivity contribution is -0.153. The third-order valence-corrected chi connectivity index (χ3v) is 5.41. The van der Waals surface area contributed by atoms with Crippen molar-refractivity contribution in [1.29, 1.82) is 0 Å². The molecular weight excluding hydrogens is 296 g/mol. The van der Waals surface area contributed by atoms with Crippen molar-refractivity contribution in [3.05, 3.63) is 12.2 Å². The average molecular weight is 320 g/mol. The highest BCUT2D eigenvalue weighted by molar-refractivity contribution is 5.86. The number of hydrogen-bond acceptors (Lipinski definition) is 3. The molecule has 2 bridgehead atoms. The predicted octanol–water partition coefficient (Wildman–Crippen LogP) is 1.03. The van der Waals surface area contributed by atoms with Crippen LogP contribution in [0.3, 0.4) is 0 Å². The summed E-state index contributed by atoms with van der Waals surface area (Å²) in [6.07, 6.45) is 8.00. The third kappa shape index (κ3) is 3.26. The number of carboxylic acid groups (broad SMARTS) is 1. The normalized spacial score (nSPS) is 32.3. The van der Waals surface area contributed by atoms with Gasteiger partial charge in [-0.25, -0.2) is 0 Å². The number of carboxylic acids is 1. The molecule has 4 atom stereocenters. The van der Waals surface area contributed by atoms with Crippen LogP contribution in [0, 0.1) is 23.7 Å². The fourth-order valence-corrected chi connectivity index (χ4v) is 4.23. The van der Waals surface area contributed by atoms with Crippen molar-refractivity contribution in [2.75, 3.05) is 19.6 Å². The van der Waals surface area contributed by atoms with Crippen molar-refractivity contribution in [2.24, 2.45) is 23.7 Å². The Labute approximate surface area is 135 Å². The van der Waals surface area contributed by atoms with Crippen LogP contribution in [-0.2, 0) is 14.4 Å². The van der Waals surface area contributed by atoms with E-state index >= 15 is 0 Å². The Morgan fingerprint density at radius 2 is 1.91 bits per heavy atom. The summed E-state index contributed by atoms with van der Waals surface area (Å²) < 4.78 is 0. The first-order chi connectivity index (χ1) is 11.1. The lowest BCUT2D eigenvalue weighted by Crippen LogP contribution is -2.49. The van der Waals surface area contributed by atoms with E-state index in [-0.39, 0.29) is 23.7 Å².